The average Bonchev–Trinajstić information content (AvgIpc) is 3.14. The second-order valence-electron chi connectivity index (χ2n) is 9.24. The number of hydrogen-bond donors (Lipinski definition) is 0. The molecule has 0 saturated carbocycles. The fourth-order valence-corrected chi connectivity index (χ4v) is 4.58. The van der Waals surface area contributed by atoms with E-state index in [1.54, 1.807) is 5.57 Å². The minimum atomic E-state index is 0.245. The van der Waals surface area contributed by atoms with Crippen LogP contribution in [0.2, 0.25) is 0 Å². The summed E-state index contributed by atoms with van der Waals surface area (Å²) in [5, 5.41) is 0. The smallest absolute Gasteiger partial charge is 0.00134 e. The first-order valence-electron chi connectivity index (χ1n) is 9.97. The first-order valence-corrected chi connectivity index (χ1v) is 9.97. The Morgan fingerprint density at radius 1 is 1.00 bits per heavy atom. The van der Waals surface area contributed by atoms with Gasteiger partial charge in [0.25, 0.3) is 0 Å². The number of rotatable bonds is 3. The van der Waals surface area contributed by atoms with E-state index in [9.17, 15) is 0 Å². The Bertz CT molecular complexity index is 902. The van der Waals surface area contributed by atoms with Gasteiger partial charge >= 0.3 is 0 Å². The predicted octanol–water partition coefficient (Wildman–Crippen LogP) is 6.99. The van der Waals surface area contributed by atoms with Crippen LogP contribution in [0.4, 0.5) is 0 Å². The largest absolute Gasteiger partial charge is 0.0739 e. The van der Waals surface area contributed by atoms with Gasteiger partial charge in [-0.25, -0.2) is 0 Å². The summed E-state index contributed by atoms with van der Waals surface area (Å²) in [7, 11) is 0. The lowest BCUT2D eigenvalue weighted by Crippen LogP contribution is -2.08. The Morgan fingerprint density at radius 2 is 1.73 bits per heavy atom. The fraction of sp³-hybridized carbons (Fsp3) is 0.385. The monoisotopic (exact) mass is 342 g/mol. The first-order chi connectivity index (χ1) is 12.3. The van der Waals surface area contributed by atoms with E-state index in [1.807, 2.05) is 0 Å². The van der Waals surface area contributed by atoms with E-state index in [0.29, 0.717) is 11.8 Å². The van der Waals surface area contributed by atoms with Gasteiger partial charge in [0.2, 0.25) is 0 Å². The maximum Gasteiger partial charge on any atom is -0.00134 e. The van der Waals surface area contributed by atoms with E-state index in [-0.39, 0.29) is 5.41 Å². The number of benzene rings is 2. The van der Waals surface area contributed by atoms with E-state index < -0.39 is 0 Å². The Balaban J connectivity index is 1.53. The summed E-state index contributed by atoms with van der Waals surface area (Å²) in [6, 6.07) is 16.0. The molecule has 134 valence electrons. The predicted molar refractivity (Wildman–Crippen MR) is 112 cm³/mol. The molecule has 0 N–H and O–H groups in total. The summed E-state index contributed by atoms with van der Waals surface area (Å²) >= 11 is 0. The number of fused-ring (bicyclic) bond motifs is 3. The molecular formula is C26H30. The molecule has 0 radical (unpaired) electrons. The molecule has 2 unspecified atom stereocenters. The summed E-state index contributed by atoms with van der Waals surface area (Å²) in [5.41, 5.74) is 10.6. The lowest BCUT2D eigenvalue weighted by Gasteiger charge is -2.19. The van der Waals surface area contributed by atoms with Crippen molar-refractivity contribution in [2.45, 2.75) is 47.5 Å². The van der Waals surface area contributed by atoms with Gasteiger partial charge in [-0.3, -0.25) is 0 Å². The molecule has 0 heteroatoms. The van der Waals surface area contributed by atoms with Gasteiger partial charge in [0.05, 0.1) is 0 Å². The third-order valence-electron chi connectivity index (χ3n) is 6.11. The Labute approximate surface area is 158 Å². The quantitative estimate of drug-likeness (QED) is 0.481. The molecule has 2 atom stereocenters. The number of hydrogen-bond acceptors (Lipinski definition) is 0. The zero-order valence-electron chi connectivity index (χ0n) is 16.8. The fourth-order valence-electron chi connectivity index (χ4n) is 4.58. The van der Waals surface area contributed by atoms with Crippen LogP contribution in [0.5, 0.6) is 0 Å². The van der Waals surface area contributed by atoms with Crippen molar-refractivity contribution in [3.05, 3.63) is 82.5 Å². The van der Waals surface area contributed by atoms with Crippen molar-refractivity contribution in [3.63, 3.8) is 0 Å². The number of allylic oxidation sites excluding steroid dienone is 4. The second kappa shape index (κ2) is 6.27. The van der Waals surface area contributed by atoms with Gasteiger partial charge in [0, 0.05) is 0 Å². The van der Waals surface area contributed by atoms with Gasteiger partial charge in [-0.15, -0.1) is 0 Å². The topological polar surface area (TPSA) is 0 Å². The highest BCUT2D eigenvalue weighted by Crippen LogP contribution is 2.40. The summed E-state index contributed by atoms with van der Waals surface area (Å²) in [6.45, 7) is 11.7. The first kappa shape index (κ1) is 17.3. The minimum absolute atomic E-state index is 0.245. The van der Waals surface area contributed by atoms with Crippen molar-refractivity contribution >= 4 is 0 Å². The molecule has 0 saturated heterocycles. The standard InChI is InChI=1S/C26H30/c1-17(25-16-22(13-18(25)2)26(3,4)5)12-19-10-11-24-21(14-19)15-20-8-6-7-9-23(20)24/h6-11,13-14,16-18H,12,15H2,1-5H3. The molecule has 26 heavy (non-hydrogen) atoms. The highest BCUT2D eigenvalue weighted by Gasteiger charge is 2.26. The molecule has 0 bridgehead atoms. The molecule has 0 amide bonds. The van der Waals surface area contributed by atoms with Crippen LogP contribution in [0.15, 0.2) is 65.8 Å². The van der Waals surface area contributed by atoms with Gasteiger partial charge in [0.1, 0.15) is 0 Å². The Kier molecular flexibility index (Phi) is 4.18. The van der Waals surface area contributed by atoms with Gasteiger partial charge in [-0.2, -0.15) is 0 Å². The molecule has 0 heterocycles. The molecule has 0 aromatic heterocycles. The molecule has 0 fully saturated rings. The lowest BCUT2D eigenvalue weighted by molar-refractivity contribution is 0.516. The summed E-state index contributed by atoms with van der Waals surface area (Å²) in [4.78, 5) is 0. The molecule has 0 spiro atoms. The zero-order valence-corrected chi connectivity index (χ0v) is 16.8. The second-order valence-corrected chi connectivity index (χ2v) is 9.24. The van der Waals surface area contributed by atoms with Crippen molar-refractivity contribution in [2.75, 3.05) is 0 Å². The maximum atomic E-state index is 2.47. The lowest BCUT2D eigenvalue weighted by atomic mass is 9.86. The van der Waals surface area contributed by atoms with Crippen LogP contribution in [0, 0.1) is 17.3 Å². The average molecular weight is 343 g/mol. The Hall–Kier alpha value is -2.08. The third-order valence-corrected chi connectivity index (χ3v) is 6.11. The van der Waals surface area contributed by atoms with Gasteiger partial charge in [-0.1, -0.05) is 94.8 Å². The van der Waals surface area contributed by atoms with E-state index in [1.165, 1.54) is 33.4 Å². The van der Waals surface area contributed by atoms with E-state index in [4.69, 9.17) is 0 Å². The van der Waals surface area contributed by atoms with Crippen LogP contribution in [0.1, 0.15) is 51.3 Å². The van der Waals surface area contributed by atoms with Crippen LogP contribution >= 0.6 is 0 Å². The van der Waals surface area contributed by atoms with E-state index in [2.05, 4.69) is 89.2 Å². The van der Waals surface area contributed by atoms with Gasteiger partial charge in [-0.05, 0) is 63.5 Å². The van der Waals surface area contributed by atoms with E-state index in [0.717, 1.165) is 12.8 Å². The van der Waals surface area contributed by atoms with Crippen LogP contribution in [-0.2, 0) is 12.8 Å². The normalized spacial score (nSPS) is 19.7. The molecule has 0 aliphatic heterocycles. The van der Waals surface area contributed by atoms with Crippen molar-refractivity contribution in [1.29, 1.82) is 0 Å². The molecule has 2 aromatic carbocycles. The summed E-state index contributed by atoms with van der Waals surface area (Å²) < 4.78 is 0. The van der Waals surface area contributed by atoms with Crippen molar-refractivity contribution in [3.8, 4) is 11.1 Å². The summed E-state index contributed by atoms with van der Waals surface area (Å²) in [5.74, 6) is 1.15. The van der Waals surface area contributed by atoms with Crippen molar-refractivity contribution < 1.29 is 0 Å². The zero-order chi connectivity index (χ0) is 18.5. The highest BCUT2D eigenvalue weighted by atomic mass is 14.3. The molecule has 2 aromatic rings. The molecular weight excluding hydrogens is 312 g/mol. The summed E-state index contributed by atoms with van der Waals surface area (Å²) in [6.07, 6.45) is 7.15. The van der Waals surface area contributed by atoms with Crippen LogP contribution < -0.4 is 0 Å². The molecule has 2 aliphatic rings. The SMILES string of the molecule is CC1C=C(C(C)(C)C)C=C1C(C)Cc1ccc2c(c1)Cc1ccccc1-2. The van der Waals surface area contributed by atoms with Crippen LogP contribution in [-0.4, -0.2) is 0 Å². The van der Waals surface area contributed by atoms with E-state index >= 15 is 0 Å². The minimum Gasteiger partial charge on any atom is -0.0739 e. The Morgan fingerprint density at radius 3 is 2.46 bits per heavy atom. The van der Waals surface area contributed by atoms with Crippen molar-refractivity contribution in [1.82, 2.24) is 0 Å². The van der Waals surface area contributed by atoms with Crippen LogP contribution in [0.25, 0.3) is 11.1 Å². The molecule has 0 nitrogen and oxygen atoms in total. The molecule has 4 rings (SSSR count). The maximum absolute atomic E-state index is 2.47. The van der Waals surface area contributed by atoms with Gasteiger partial charge < -0.3 is 0 Å². The third kappa shape index (κ3) is 3.07. The molecule has 2 aliphatic carbocycles. The van der Waals surface area contributed by atoms with Gasteiger partial charge in [0.15, 0.2) is 0 Å². The van der Waals surface area contributed by atoms with Crippen molar-refractivity contribution in [2.24, 2.45) is 17.3 Å². The van der Waals surface area contributed by atoms with Crippen LogP contribution in [0.3, 0.4) is 0 Å². The highest BCUT2D eigenvalue weighted by molar-refractivity contribution is 5.76.